The molecule has 0 unspecified atom stereocenters. The first kappa shape index (κ1) is 12.0. The van der Waals surface area contributed by atoms with Crippen LogP contribution in [-0.2, 0) is 6.42 Å². The highest BCUT2D eigenvalue weighted by Gasteiger charge is 2.06. The third-order valence-corrected chi connectivity index (χ3v) is 2.62. The van der Waals surface area contributed by atoms with Crippen LogP contribution in [0.4, 0.5) is 17.2 Å². The van der Waals surface area contributed by atoms with Crippen molar-refractivity contribution in [3.05, 3.63) is 58.3 Å². The highest BCUT2D eigenvalue weighted by molar-refractivity contribution is 5.60. The minimum absolute atomic E-state index is 0.00988. The number of hydrogen-bond donors (Lipinski definition) is 1. The lowest BCUT2D eigenvalue weighted by Gasteiger charge is -2.09. The summed E-state index contributed by atoms with van der Waals surface area (Å²) in [6, 6.07) is 10.9. The predicted molar refractivity (Wildman–Crippen MR) is 70.0 cm³/mol. The van der Waals surface area contributed by atoms with Gasteiger partial charge in [0.25, 0.3) is 5.69 Å². The van der Waals surface area contributed by atoms with E-state index in [2.05, 4.69) is 17.2 Å². The lowest BCUT2D eigenvalue weighted by atomic mass is 10.1. The SMILES string of the molecule is CCc1ccccc1Nc1ccc([N+](=O)[O-])cn1. The van der Waals surface area contributed by atoms with E-state index in [4.69, 9.17) is 0 Å². The van der Waals surface area contributed by atoms with Gasteiger partial charge in [-0.2, -0.15) is 0 Å². The molecule has 2 aromatic rings. The summed E-state index contributed by atoms with van der Waals surface area (Å²) in [6.45, 7) is 2.07. The van der Waals surface area contributed by atoms with Crippen molar-refractivity contribution in [3.63, 3.8) is 0 Å². The van der Waals surface area contributed by atoms with Crippen LogP contribution in [0.3, 0.4) is 0 Å². The zero-order chi connectivity index (χ0) is 13.0. The van der Waals surface area contributed by atoms with Gasteiger partial charge in [-0.3, -0.25) is 10.1 Å². The van der Waals surface area contributed by atoms with Crippen LogP contribution in [0.5, 0.6) is 0 Å². The van der Waals surface area contributed by atoms with E-state index in [1.54, 1.807) is 6.07 Å². The van der Waals surface area contributed by atoms with Gasteiger partial charge in [0.2, 0.25) is 0 Å². The van der Waals surface area contributed by atoms with Crippen LogP contribution in [0.1, 0.15) is 12.5 Å². The van der Waals surface area contributed by atoms with Gasteiger partial charge >= 0.3 is 0 Å². The number of benzene rings is 1. The molecule has 18 heavy (non-hydrogen) atoms. The van der Waals surface area contributed by atoms with Crippen molar-refractivity contribution in [3.8, 4) is 0 Å². The minimum atomic E-state index is -0.462. The molecule has 5 nitrogen and oxygen atoms in total. The summed E-state index contributed by atoms with van der Waals surface area (Å²) in [5.41, 5.74) is 2.14. The molecular weight excluding hydrogens is 230 g/mol. The number of anilines is 2. The van der Waals surface area contributed by atoms with Crippen LogP contribution in [-0.4, -0.2) is 9.91 Å². The highest BCUT2D eigenvalue weighted by Crippen LogP contribution is 2.21. The van der Waals surface area contributed by atoms with Crippen molar-refractivity contribution < 1.29 is 4.92 Å². The molecule has 0 amide bonds. The molecule has 0 bridgehead atoms. The molecule has 5 heteroatoms. The molecule has 1 aromatic heterocycles. The molecule has 92 valence electrons. The number of aromatic nitrogens is 1. The van der Waals surface area contributed by atoms with E-state index in [1.807, 2.05) is 24.3 Å². The van der Waals surface area contributed by atoms with Crippen molar-refractivity contribution in [2.45, 2.75) is 13.3 Å². The Kier molecular flexibility index (Phi) is 3.52. The second-order valence-electron chi connectivity index (χ2n) is 3.79. The summed E-state index contributed by atoms with van der Waals surface area (Å²) in [6.07, 6.45) is 2.16. The van der Waals surface area contributed by atoms with Gasteiger partial charge in [-0.25, -0.2) is 4.98 Å². The number of pyridine rings is 1. The van der Waals surface area contributed by atoms with Crippen LogP contribution in [0.2, 0.25) is 0 Å². The van der Waals surface area contributed by atoms with Gasteiger partial charge in [0.05, 0.1) is 4.92 Å². The van der Waals surface area contributed by atoms with E-state index in [1.165, 1.54) is 17.8 Å². The Hall–Kier alpha value is -2.43. The lowest BCUT2D eigenvalue weighted by Crippen LogP contribution is -1.97. The fraction of sp³-hybridized carbons (Fsp3) is 0.154. The standard InChI is InChI=1S/C13H13N3O2/c1-2-10-5-3-4-6-12(10)15-13-8-7-11(9-14-13)16(17)18/h3-9H,2H2,1H3,(H,14,15). The van der Waals surface area contributed by atoms with Crippen LogP contribution >= 0.6 is 0 Å². The van der Waals surface area contributed by atoms with Crippen molar-refractivity contribution in [1.82, 2.24) is 4.98 Å². The Morgan fingerprint density at radius 2 is 2.06 bits per heavy atom. The second-order valence-corrected chi connectivity index (χ2v) is 3.79. The smallest absolute Gasteiger partial charge is 0.287 e. The second kappa shape index (κ2) is 5.27. The molecule has 1 aromatic carbocycles. The monoisotopic (exact) mass is 243 g/mol. The van der Waals surface area contributed by atoms with E-state index >= 15 is 0 Å². The molecule has 1 heterocycles. The number of rotatable bonds is 4. The summed E-state index contributed by atoms with van der Waals surface area (Å²) in [5.74, 6) is 0.599. The summed E-state index contributed by atoms with van der Waals surface area (Å²) >= 11 is 0. The van der Waals surface area contributed by atoms with Gasteiger partial charge < -0.3 is 5.32 Å². The highest BCUT2D eigenvalue weighted by atomic mass is 16.6. The lowest BCUT2D eigenvalue weighted by molar-refractivity contribution is -0.385. The zero-order valence-corrected chi connectivity index (χ0v) is 9.96. The van der Waals surface area contributed by atoms with Crippen LogP contribution in [0.25, 0.3) is 0 Å². The van der Waals surface area contributed by atoms with E-state index in [9.17, 15) is 10.1 Å². The molecule has 0 aliphatic heterocycles. The van der Waals surface area contributed by atoms with Gasteiger partial charge in [0, 0.05) is 11.8 Å². The number of aryl methyl sites for hydroxylation is 1. The zero-order valence-electron chi connectivity index (χ0n) is 9.96. The first-order valence-electron chi connectivity index (χ1n) is 5.66. The summed E-state index contributed by atoms with van der Waals surface area (Å²) < 4.78 is 0. The van der Waals surface area contributed by atoms with Crippen LogP contribution < -0.4 is 5.32 Å². The van der Waals surface area contributed by atoms with Crippen LogP contribution in [0.15, 0.2) is 42.6 Å². The molecule has 0 saturated heterocycles. The number of para-hydroxylation sites is 1. The normalized spacial score (nSPS) is 10.1. The summed E-state index contributed by atoms with van der Waals surface area (Å²) in [4.78, 5) is 14.1. The topological polar surface area (TPSA) is 68.1 Å². The van der Waals surface area contributed by atoms with Crippen molar-refractivity contribution in [2.75, 3.05) is 5.32 Å². The molecular formula is C13H13N3O2. The molecule has 0 saturated carbocycles. The number of nitrogens with zero attached hydrogens (tertiary/aromatic N) is 2. The first-order valence-corrected chi connectivity index (χ1v) is 5.66. The Morgan fingerprint density at radius 1 is 1.28 bits per heavy atom. The maximum atomic E-state index is 10.5. The first-order chi connectivity index (χ1) is 8.70. The molecule has 0 spiro atoms. The predicted octanol–water partition coefficient (Wildman–Crippen LogP) is 3.30. The van der Waals surface area contributed by atoms with E-state index < -0.39 is 4.92 Å². The van der Waals surface area contributed by atoms with Gasteiger partial charge in [-0.1, -0.05) is 25.1 Å². The quantitative estimate of drug-likeness (QED) is 0.660. The van der Waals surface area contributed by atoms with Gasteiger partial charge in [-0.15, -0.1) is 0 Å². The molecule has 1 N–H and O–H groups in total. The van der Waals surface area contributed by atoms with E-state index in [-0.39, 0.29) is 5.69 Å². The Balaban J connectivity index is 2.21. The summed E-state index contributed by atoms with van der Waals surface area (Å²) in [7, 11) is 0. The Bertz CT molecular complexity index is 552. The fourth-order valence-electron chi connectivity index (χ4n) is 1.66. The summed E-state index contributed by atoms with van der Waals surface area (Å²) in [5, 5.41) is 13.7. The van der Waals surface area contributed by atoms with Crippen molar-refractivity contribution >= 4 is 17.2 Å². The van der Waals surface area contributed by atoms with E-state index in [0.29, 0.717) is 5.82 Å². The van der Waals surface area contributed by atoms with E-state index in [0.717, 1.165) is 12.1 Å². The number of nitrogens with one attached hydrogen (secondary N) is 1. The van der Waals surface area contributed by atoms with Crippen molar-refractivity contribution in [2.24, 2.45) is 0 Å². The number of nitro groups is 1. The molecule has 2 rings (SSSR count). The maximum Gasteiger partial charge on any atom is 0.287 e. The van der Waals surface area contributed by atoms with Gasteiger partial charge in [0.1, 0.15) is 12.0 Å². The third-order valence-electron chi connectivity index (χ3n) is 2.62. The Labute approximate surface area is 105 Å². The van der Waals surface area contributed by atoms with Crippen molar-refractivity contribution in [1.29, 1.82) is 0 Å². The molecule has 0 atom stereocenters. The maximum absolute atomic E-state index is 10.5. The molecule has 0 radical (unpaired) electrons. The largest absolute Gasteiger partial charge is 0.340 e. The molecule has 0 aliphatic rings. The minimum Gasteiger partial charge on any atom is -0.340 e. The molecule has 0 fully saturated rings. The third kappa shape index (κ3) is 2.63. The molecule has 0 aliphatic carbocycles. The fourth-order valence-corrected chi connectivity index (χ4v) is 1.66. The van der Waals surface area contributed by atoms with Crippen LogP contribution in [0, 0.1) is 10.1 Å². The van der Waals surface area contributed by atoms with Gasteiger partial charge in [0.15, 0.2) is 0 Å². The van der Waals surface area contributed by atoms with Gasteiger partial charge in [-0.05, 0) is 24.1 Å². The Morgan fingerprint density at radius 3 is 2.67 bits per heavy atom. The average molecular weight is 243 g/mol. The average Bonchev–Trinajstić information content (AvgIpc) is 2.40. The number of hydrogen-bond acceptors (Lipinski definition) is 4.